The van der Waals surface area contributed by atoms with E-state index in [1.807, 2.05) is 0 Å². The van der Waals surface area contributed by atoms with Crippen LogP contribution in [-0.2, 0) is 25.1 Å². The van der Waals surface area contributed by atoms with Gasteiger partial charge in [0.25, 0.3) is 0 Å². The van der Waals surface area contributed by atoms with Crippen molar-refractivity contribution < 1.29 is 18.5 Å². The molecule has 0 saturated carbocycles. The van der Waals surface area contributed by atoms with Crippen molar-refractivity contribution in [3.8, 4) is 0 Å². The third kappa shape index (κ3) is 14.1. The maximum Gasteiger partial charge on any atom is 0.226 e. The molecule has 0 aliphatic heterocycles. The van der Waals surface area contributed by atoms with Crippen LogP contribution in [-0.4, -0.2) is 52.8 Å². The quantitative estimate of drug-likeness (QED) is 0.228. The van der Waals surface area contributed by atoms with Crippen LogP contribution >= 0.6 is 0 Å². The minimum absolute atomic E-state index is 0.0170. The van der Waals surface area contributed by atoms with Gasteiger partial charge in [0.1, 0.15) is 0 Å². The van der Waals surface area contributed by atoms with Crippen molar-refractivity contribution in [1.29, 1.82) is 0 Å². The number of hydrogen-bond donors (Lipinski definition) is 2. The van der Waals surface area contributed by atoms with Gasteiger partial charge in [0, 0.05) is 48.4 Å². The highest BCUT2D eigenvalue weighted by molar-refractivity contribution is 7.85. The second kappa shape index (κ2) is 16.1. The number of ether oxygens (including phenoxy) is 1. The van der Waals surface area contributed by atoms with Gasteiger partial charge in [-0.05, 0) is 55.8 Å². The highest BCUT2D eigenvalue weighted by Gasteiger charge is 2.36. The molecule has 0 aliphatic carbocycles. The Morgan fingerprint density at radius 3 is 1.81 bits per heavy atom. The van der Waals surface area contributed by atoms with Crippen molar-refractivity contribution in [2.45, 2.75) is 126 Å². The van der Waals surface area contributed by atoms with Crippen LogP contribution in [0, 0.1) is 16.2 Å². The van der Waals surface area contributed by atoms with Crippen molar-refractivity contribution in [2.24, 2.45) is 16.2 Å². The molecule has 7 heteroatoms. The smallest absolute Gasteiger partial charge is 0.226 e. The number of hydrogen-bond acceptors (Lipinski definition) is 4. The molecule has 0 aromatic carbocycles. The Labute approximate surface area is 225 Å². The Kier molecular flexibility index (Phi) is 15.7. The fraction of sp³-hybridized carbons (Fsp3) is 0.931. The molecular weight excluding hydrogens is 472 g/mol. The lowest BCUT2D eigenvalue weighted by atomic mass is 9.78. The lowest BCUT2D eigenvalue weighted by Gasteiger charge is -2.35. The Morgan fingerprint density at radius 1 is 0.750 bits per heavy atom. The molecule has 0 bridgehead atoms. The van der Waals surface area contributed by atoms with Crippen LogP contribution in [0.25, 0.3) is 0 Å². The zero-order valence-corrected chi connectivity index (χ0v) is 26.1. The predicted molar refractivity (Wildman–Crippen MR) is 154 cm³/mol. The molecule has 0 spiro atoms. The highest BCUT2D eigenvalue weighted by atomic mass is 32.2. The van der Waals surface area contributed by atoms with E-state index in [2.05, 4.69) is 79.9 Å². The topological polar surface area (TPSA) is 84.5 Å². The van der Waals surface area contributed by atoms with E-state index in [9.17, 15) is 13.8 Å². The summed E-state index contributed by atoms with van der Waals surface area (Å²) in [4.78, 5) is 25.4. The first-order valence-electron chi connectivity index (χ1n) is 14.1. The Bertz CT molecular complexity index is 672. The van der Waals surface area contributed by atoms with Gasteiger partial charge in [0.15, 0.2) is 0 Å². The zero-order chi connectivity index (χ0) is 28.0. The SMILES string of the molecule is CCC(CC)(CCNC(=O)CCC(C)(C)C)OCCC(CC)(CC)C(=O)NCCS(=O)CC(C)(C)C. The maximum atomic E-state index is 13.2. The monoisotopic (exact) mass is 530 g/mol. The molecule has 0 aromatic heterocycles. The van der Waals surface area contributed by atoms with Crippen LogP contribution < -0.4 is 10.6 Å². The van der Waals surface area contributed by atoms with Crippen LogP contribution in [0.1, 0.15) is 121 Å². The lowest BCUT2D eigenvalue weighted by Crippen LogP contribution is -2.44. The summed E-state index contributed by atoms with van der Waals surface area (Å²) >= 11 is 0. The standard InChI is InChI=1S/C29H58N2O4S/c1-11-28(12-2,25(33)31-20-22-36(34)23-27(8,9)10)18-21-35-29(13-3,14-4)17-19-30-24(32)15-16-26(5,6)7/h11-23H2,1-10H3,(H,30,32)(H,31,33). The van der Waals surface area contributed by atoms with Crippen molar-refractivity contribution in [3.05, 3.63) is 0 Å². The summed E-state index contributed by atoms with van der Waals surface area (Å²) in [7, 11) is -0.939. The molecule has 6 nitrogen and oxygen atoms in total. The molecule has 214 valence electrons. The van der Waals surface area contributed by atoms with Crippen LogP contribution in [0.4, 0.5) is 0 Å². The number of amides is 2. The normalized spacial score (nSPS) is 13.9. The average Bonchev–Trinajstić information content (AvgIpc) is 2.78. The predicted octanol–water partition coefficient (Wildman–Crippen LogP) is 6.00. The molecule has 0 heterocycles. The van der Waals surface area contributed by atoms with E-state index in [1.165, 1.54) is 0 Å². The van der Waals surface area contributed by atoms with E-state index >= 15 is 0 Å². The Hall–Kier alpha value is -0.950. The number of nitrogens with one attached hydrogen (secondary N) is 2. The fourth-order valence-corrected chi connectivity index (χ4v) is 5.85. The van der Waals surface area contributed by atoms with E-state index in [4.69, 9.17) is 4.74 Å². The Morgan fingerprint density at radius 2 is 1.33 bits per heavy atom. The minimum Gasteiger partial charge on any atom is -0.375 e. The zero-order valence-electron chi connectivity index (χ0n) is 25.2. The van der Waals surface area contributed by atoms with E-state index in [0.717, 1.165) is 38.5 Å². The molecule has 0 aliphatic rings. The van der Waals surface area contributed by atoms with Gasteiger partial charge >= 0.3 is 0 Å². The van der Waals surface area contributed by atoms with Crippen molar-refractivity contribution in [2.75, 3.05) is 31.2 Å². The van der Waals surface area contributed by atoms with Gasteiger partial charge in [0.2, 0.25) is 11.8 Å². The summed E-state index contributed by atoms with van der Waals surface area (Å²) < 4.78 is 18.8. The van der Waals surface area contributed by atoms with Gasteiger partial charge in [-0.25, -0.2) is 0 Å². The molecular formula is C29H58N2O4S. The van der Waals surface area contributed by atoms with Gasteiger partial charge in [-0.3, -0.25) is 13.8 Å². The molecule has 2 N–H and O–H groups in total. The van der Waals surface area contributed by atoms with E-state index in [1.54, 1.807) is 0 Å². The molecule has 1 atom stereocenters. The minimum atomic E-state index is -0.939. The summed E-state index contributed by atoms with van der Waals surface area (Å²) in [5.74, 6) is 1.26. The maximum absolute atomic E-state index is 13.2. The van der Waals surface area contributed by atoms with E-state index in [0.29, 0.717) is 44.0 Å². The van der Waals surface area contributed by atoms with E-state index in [-0.39, 0.29) is 28.2 Å². The molecule has 0 aromatic rings. The number of rotatable bonds is 18. The lowest BCUT2D eigenvalue weighted by molar-refractivity contribution is -0.135. The Balaban J connectivity index is 4.84. The van der Waals surface area contributed by atoms with Crippen molar-refractivity contribution in [1.82, 2.24) is 10.6 Å². The first kappa shape index (κ1) is 35.0. The van der Waals surface area contributed by atoms with Crippen molar-refractivity contribution >= 4 is 22.6 Å². The van der Waals surface area contributed by atoms with Gasteiger partial charge < -0.3 is 15.4 Å². The average molecular weight is 531 g/mol. The van der Waals surface area contributed by atoms with Crippen LogP contribution in [0.3, 0.4) is 0 Å². The molecule has 0 fully saturated rings. The second-order valence-electron chi connectivity index (χ2n) is 12.7. The molecule has 36 heavy (non-hydrogen) atoms. The van der Waals surface area contributed by atoms with Gasteiger partial charge in [-0.15, -0.1) is 0 Å². The van der Waals surface area contributed by atoms with Gasteiger partial charge in [0.05, 0.1) is 11.0 Å². The summed E-state index contributed by atoms with van der Waals surface area (Å²) in [6, 6.07) is 0. The summed E-state index contributed by atoms with van der Waals surface area (Å²) in [5.41, 5.74) is -0.619. The van der Waals surface area contributed by atoms with Crippen LogP contribution in [0.2, 0.25) is 0 Å². The van der Waals surface area contributed by atoms with Crippen molar-refractivity contribution in [3.63, 3.8) is 0 Å². The third-order valence-corrected chi connectivity index (χ3v) is 9.17. The molecule has 0 saturated heterocycles. The summed E-state index contributed by atoms with van der Waals surface area (Å²) in [5, 5.41) is 6.12. The first-order valence-corrected chi connectivity index (χ1v) is 15.6. The highest BCUT2D eigenvalue weighted by Crippen LogP contribution is 2.33. The first-order chi connectivity index (χ1) is 16.6. The van der Waals surface area contributed by atoms with Gasteiger partial charge in [-0.1, -0.05) is 69.2 Å². The summed E-state index contributed by atoms with van der Waals surface area (Å²) in [6.07, 6.45) is 6.01. The fourth-order valence-electron chi connectivity index (χ4n) is 4.41. The number of carbonyl (C=O) groups excluding carboxylic acids is 2. The third-order valence-electron chi connectivity index (χ3n) is 7.33. The molecule has 1 unspecified atom stereocenters. The summed E-state index contributed by atoms with van der Waals surface area (Å²) in [6.45, 7) is 22.6. The largest absolute Gasteiger partial charge is 0.375 e. The van der Waals surface area contributed by atoms with Gasteiger partial charge in [-0.2, -0.15) is 0 Å². The second-order valence-corrected chi connectivity index (χ2v) is 14.3. The number of carbonyl (C=O) groups is 2. The van der Waals surface area contributed by atoms with Crippen LogP contribution in [0.15, 0.2) is 0 Å². The van der Waals surface area contributed by atoms with E-state index < -0.39 is 16.2 Å². The molecule has 0 rings (SSSR count). The van der Waals surface area contributed by atoms with Crippen LogP contribution in [0.5, 0.6) is 0 Å². The molecule has 0 radical (unpaired) electrons. The molecule has 2 amide bonds.